The Morgan fingerprint density at radius 2 is 2.24 bits per heavy atom. The summed E-state index contributed by atoms with van der Waals surface area (Å²) < 4.78 is 0. The van der Waals surface area contributed by atoms with Crippen molar-refractivity contribution >= 4 is 23.2 Å². The van der Waals surface area contributed by atoms with Crippen LogP contribution in [0.2, 0.25) is 0 Å². The predicted octanol–water partition coefficient (Wildman–Crippen LogP) is 3.15. The quantitative estimate of drug-likeness (QED) is 0.801. The Morgan fingerprint density at radius 3 is 3.00 bits per heavy atom. The zero-order valence-corrected chi connectivity index (χ0v) is 13.6. The van der Waals surface area contributed by atoms with Gasteiger partial charge in [-0.15, -0.1) is 11.6 Å². The molecule has 2 atom stereocenters. The maximum atomic E-state index is 12.6. The van der Waals surface area contributed by atoms with E-state index in [0.29, 0.717) is 24.3 Å². The van der Waals surface area contributed by atoms with E-state index >= 15 is 0 Å². The van der Waals surface area contributed by atoms with E-state index in [2.05, 4.69) is 42.0 Å². The van der Waals surface area contributed by atoms with Crippen molar-refractivity contribution in [2.75, 3.05) is 30.9 Å². The van der Waals surface area contributed by atoms with Gasteiger partial charge in [-0.1, -0.05) is 17.7 Å². The molecule has 0 radical (unpaired) electrons. The molecule has 114 valence electrons. The SMILES string of the molecule is Cc1ccc2c(c1)[C@H]1CN(C)CC[C@@H]1N2C(=O)CCCCl. The Balaban J connectivity index is 1.95. The molecule has 3 rings (SSSR count). The number of piperidine rings is 1. The molecule has 1 saturated heterocycles. The Kier molecular flexibility index (Phi) is 4.23. The standard InChI is InChI=1S/C17H23ClN2O/c1-12-5-6-15-13(10-12)14-11-19(2)9-7-16(14)20(15)17(21)4-3-8-18/h5-6,10,14,16H,3-4,7-9,11H2,1-2H3/t14-,16+/m1/s1. The summed E-state index contributed by atoms with van der Waals surface area (Å²) in [5, 5.41) is 0. The molecule has 0 bridgehead atoms. The summed E-state index contributed by atoms with van der Waals surface area (Å²) in [6, 6.07) is 6.84. The molecule has 2 heterocycles. The summed E-state index contributed by atoms with van der Waals surface area (Å²) in [6.07, 6.45) is 2.37. The third-order valence-corrected chi connectivity index (χ3v) is 5.01. The van der Waals surface area contributed by atoms with Crippen LogP contribution in [-0.4, -0.2) is 42.9 Å². The summed E-state index contributed by atoms with van der Waals surface area (Å²) in [5.41, 5.74) is 3.76. The van der Waals surface area contributed by atoms with Crippen molar-refractivity contribution in [2.45, 2.75) is 38.1 Å². The average molecular weight is 307 g/mol. The fourth-order valence-corrected chi connectivity index (χ4v) is 3.88. The number of hydrogen-bond donors (Lipinski definition) is 0. The van der Waals surface area contributed by atoms with Gasteiger partial charge in [0.2, 0.25) is 5.91 Å². The van der Waals surface area contributed by atoms with Gasteiger partial charge < -0.3 is 9.80 Å². The van der Waals surface area contributed by atoms with Crippen LogP contribution in [0.4, 0.5) is 5.69 Å². The minimum atomic E-state index is 0.234. The third kappa shape index (κ3) is 2.69. The number of nitrogens with zero attached hydrogens (tertiary/aromatic N) is 2. The second kappa shape index (κ2) is 5.98. The fourth-order valence-electron chi connectivity index (χ4n) is 3.74. The molecule has 1 aromatic rings. The van der Waals surface area contributed by atoms with Crippen molar-refractivity contribution in [3.63, 3.8) is 0 Å². The number of carbonyl (C=O) groups is 1. The summed E-state index contributed by atoms with van der Waals surface area (Å²) in [6.45, 7) is 4.23. The number of likely N-dealkylation sites (tertiary alicyclic amines) is 1. The molecule has 3 nitrogen and oxygen atoms in total. The van der Waals surface area contributed by atoms with E-state index in [0.717, 1.165) is 31.6 Å². The van der Waals surface area contributed by atoms with Crippen LogP contribution in [0.1, 0.15) is 36.3 Å². The first-order valence-corrected chi connectivity index (χ1v) is 8.32. The van der Waals surface area contributed by atoms with Gasteiger partial charge in [0.15, 0.2) is 0 Å². The number of fused-ring (bicyclic) bond motifs is 3. The number of hydrogen-bond acceptors (Lipinski definition) is 2. The lowest BCUT2D eigenvalue weighted by Gasteiger charge is -2.36. The number of aryl methyl sites for hydroxylation is 1. The highest BCUT2D eigenvalue weighted by molar-refractivity contribution is 6.18. The van der Waals surface area contributed by atoms with Crippen molar-refractivity contribution in [1.29, 1.82) is 0 Å². The zero-order valence-electron chi connectivity index (χ0n) is 12.8. The number of benzene rings is 1. The van der Waals surface area contributed by atoms with Crippen LogP contribution in [0.5, 0.6) is 0 Å². The number of alkyl halides is 1. The van der Waals surface area contributed by atoms with E-state index in [-0.39, 0.29) is 5.91 Å². The number of carbonyl (C=O) groups excluding carboxylic acids is 1. The van der Waals surface area contributed by atoms with Crippen molar-refractivity contribution in [3.8, 4) is 0 Å². The molecule has 0 N–H and O–H groups in total. The van der Waals surface area contributed by atoms with Crippen LogP contribution in [0, 0.1) is 6.92 Å². The summed E-state index contributed by atoms with van der Waals surface area (Å²) >= 11 is 5.75. The van der Waals surface area contributed by atoms with Crippen molar-refractivity contribution < 1.29 is 4.79 Å². The molecular weight excluding hydrogens is 284 g/mol. The van der Waals surface area contributed by atoms with Gasteiger partial charge in [-0.2, -0.15) is 0 Å². The second-order valence-corrected chi connectivity index (χ2v) is 6.72. The summed E-state index contributed by atoms with van der Waals surface area (Å²) in [5.74, 6) is 1.24. The van der Waals surface area contributed by atoms with Crippen LogP contribution >= 0.6 is 11.6 Å². The van der Waals surface area contributed by atoms with Crippen molar-refractivity contribution in [1.82, 2.24) is 4.90 Å². The van der Waals surface area contributed by atoms with Gasteiger partial charge in [0, 0.05) is 36.5 Å². The van der Waals surface area contributed by atoms with E-state index in [9.17, 15) is 4.79 Å². The topological polar surface area (TPSA) is 23.6 Å². The average Bonchev–Trinajstić information content (AvgIpc) is 2.78. The molecule has 0 unspecified atom stereocenters. The zero-order chi connectivity index (χ0) is 15.0. The van der Waals surface area contributed by atoms with E-state index < -0.39 is 0 Å². The lowest BCUT2D eigenvalue weighted by molar-refractivity contribution is -0.119. The highest BCUT2D eigenvalue weighted by Gasteiger charge is 2.43. The molecule has 0 aliphatic carbocycles. The van der Waals surface area contributed by atoms with Gasteiger partial charge in [0.25, 0.3) is 0 Å². The highest BCUT2D eigenvalue weighted by Crippen LogP contribution is 2.45. The third-order valence-electron chi connectivity index (χ3n) is 4.75. The number of likely N-dealkylation sites (N-methyl/N-ethyl adjacent to an activating group) is 1. The molecule has 1 fully saturated rings. The van der Waals surface area contributed by atoms with Gasteiger partial charge in [-0.25, -0.2) is 0 Å². The first-order chi connectivity index (χ1) is 10.1. The van der Waals surface area contributed by atoms with Gasteiger partial charge in [-0.3, -0.25) is 4.79 Å². The summed E-state index contributed by atoms with van der Waals surface area (Å²) in [4.78, 5) is 17.1. The number of anilines is 1. The van der Waals surface area contributed by atoms with Crippen molar-refractivity contribution in [3.05, 3.63) is 29.3 Å². The van der Waals surface area contributed by atoms with E-state index in [4.69, 9.17) is 11.6 Å². The normalized spacial score (nSPS) is 24.8. The molecule has 1 amide bonds. The van der Waals surface area contributed by atoms with Crippen LogP contribution in [0.25, 0.3) is 0 Å². The minimum absolute atomic E-state index is 0.234. The number of rotatable bonds is 3. The lowest BCUT2D eigenvalue weighted by Crippen LogP contribution is -2.47. The Bertz CT molecular complexity index is 546. The molecular formula is C17H23ClN2O. The van der Waals surface area contributed by atoms with Gasteiger partial charge >= 0.3 is 0 Å². The van der Waals surface area contributed by atoms with Crippen LogP contribution in [0.3, 0.4) is 0 Å². The van der Waals surface area contributed by atoms with Crippen LogP contribution in [-0.2, 0) is 4.79 Å². The molecule has 0 aromatic heterocycles. The minimum Gasteiger partial charge on any atom is -0.308 e. The number of halogens is 1. The van der Waals surface area contributed by atoms with Gasteiger partial charge in [0.1, 0.15) is 0 Å². The molecule has 4 heteroatoms. The molecule has 2 aliphatic heterocycles. The lowest BCUT2D eigenvalue weighted by atomic mass is 9.89. The monoisotopic (exact) mass is 306 g/mol. The Labute approximate surface area is 131 Å². The van der Waals surface area contributed by atoms with E-state index in [1.54, 1.807) is 0 Å². The van der Waals surface area contributed by atoms with Crippen LogP contribution < -0.4 is 4.90 Å². The smallest absolute Gasteiger partial charge is 0.227 e. The molecule has 0 spiro atoms. The first-order valence-electron chi connectivity index (χ1n) is 7.79. The fraction of sp³-hybridized carbons (Fsp3) is 0.588. The second-order valence-electron chi connectivity index (χ2n) is 6.34. The Hall–Kier alpha value is -1.06. The van der Waals surface area contributed by atoms with E-state index in [1.165, 1.54) is 11.1 Å². The maximum Gasteiger partial charge on any atom is 0.227 e. The number of amides is 1. The first kappa shape index (κ1) is 14.9. The van der Waals surface area contributed by atoms with Gasteiger partial charge in [-0.05, 0) is 45.0 Å². The van der Waals surface area contributed by atoms with Crippen LogP contribution in [0.15, 0.2) is 18.2 Å². The summed E-state index contributed by atoms with van der Waals surface area (Å²) in [7, 11) is 2.17. The van der Waals surface area contributed by atoms with E-state index in [1.807, 2.05) is 0 Å². The molecule has 21 heavy (non-hydrogen) atoms. The van der Waals surface area contributed by atoms with Gasteiger partial charge in [0.05, 0.1) is 0 Å². The highest BCUT2D eigenvalue weighted by atomic mass is 35.5. The molecule has 0 saturated carbocycles. The molecule has 1 aromatic carbocycles. The van der Waals surface area contributed by atoms with Crippen molar-refractivity contribution in [2.24, 2.45) is 0 Å². The predicted molar refractivity (Wildman–Crippen MR) is 87.3 cm³/mol. The largest absolute Gasteiger partial charge is 0.308 e. The Morgan fingerprint density at radius 1 is 1.43 bits per heavy atom. The maximum absolute atomic E-state index is 12.6. The molecule has 2 aliphatic rings.